The predicted octanol–water partition coefficient (Wildman–Crippen LogP) is 0.0104. The van der Waals surface area contributed by atoms with Crippen molar-refractivity contribution >= 4 is 48.4 Å². The first-order chi connectivity index (χ1) is 20.0. The van der Waals surface area contributed by atoms with Crippen molar-refractivity contribution in [1.29, 1.82) is 0 Å². The van der Waals surface area contributed by atoms with E-state index in [4.69, 9.17) is 19.9 Å². The molecule has 1 aliphatic rings. The van der Waals surface area contributed by atoms with E-state index in [0.29, 0.717) is 23.9 Å². The Balaban J connectivity index is 0.00000423. The third-order valence-corrected chi connectivity index (χ3v) is 8.23. The van der Waals surface area contributed by atoms with Crippen molar-refractivity contribution in [3.8, 4) is 0 Å². The number of rotatable bonds is 6. The van der Waals surface area contributed by atoms with Crippen molar-refractivity contribution in [3.05, 3.63) is 88.0 Å². The maximum atomic E-state index is 11.5. The van der Waals surface area contributed by atoms with E-state index in [-0.39, 0.29) is 29.9 Å². The number of carbonyl (C=O) groups is 2. The molecule has 0 aromatic carbocycles. The predicted molar refractivity (Wildman–Crippen MR) is 162 cm³/mol. The number of fused-ring (bicyclic) bond motifs is 8. The van der Waals surface area contributed by atoms with Gasteiger partial charge in [0.1, 0.15) is 0 Å². The Kier molecular flexibility index (Phi) is 9.28. The van der Waals surface area contributed by atoms with Crippen LogP contribution in [0.1, 0.15) is 82.8 Å². The summed E-state index contributed by atoms with van der Waals surface area (Å²) >= 11 is 0. The second-order valence-electron chi connectivity index (χ2n) is 10.8. The molecule has 0 atom stereocenters. The Morgan fingerprint density at radius 3 is 1.51 bits per heavy atom. The quantitative estimate of drug-likeness (QED) is 0.255. The number of carboxylic acids is 2. The normalized spacial score (nSPS) is 16.2. The van der Waals surface area contributed by atoms with Crippen LogP contribution in [0.15, 0.2) is 0 Å². The third-order valence-electron chi connectivity index (χ3n) is 8.23. The number of aromatic nitrogens is 4. The number of hydrogen-bond acceptors (Lipinski definition) is 2. The van der Waals surface area contributed by atoms with E-state index in [1.807, 2.05) is 65.0 Å². The molecule has 8 bridgehead atoms. The zero-order valence-electron chi connectivity index (χ0n) is 25.1. The molecule has 0 unspecified atom stereocenters. The van der Waals surface area contributed by atoms with Crippen molar-refractivity contribution in [3.63, 3.8) is 0 Å². The number of aliphatic carboxylic acids is 2. The average molecular weight is 619 g/mol. The van der Waals surface area contributed by atoms with Gasteiger partial charge in [-0.2, -0.15) is 0 Å². The van der Waals surface area contributed by atoms with Crippen LogP contribution in [-0.4, -0.2) is 22.2 Å². The van der Waals surface area contributed by atoms with Gasteiger partial charge in [-0.15, -0.1) is 44.2 Å². The number of nitrogens with zero attached hydrogens (tertiary/aromatic N) is 4. The molecule has 0 radical (unpaired) electrons. The summed E-state index contributed by atoms with van der Waals surface area (Å²) in [5, 5.41) is 23.9. The Bertz CT molecular complexity index is 2120. The summed E-state index contributed by atoms with van der Waals surface area (Å²) in [6, 6.07) is 0. The number of hydrogen-bond donors (Lipinski definition) is 2. The Labute approximate surface area is 259 Å². The molecule has 4 aromatic rings. The van der Waals surface area contributed by atoms with Gasteiger partial charge in [0, 0.05) is 12.8 Å². The van der Waals surface area contributed by atoms with Crippen molar-refractivity contribution in [1.82, 2.24) is 19.9 Å². The van der Waals surface area contributed by atoms with Crippen molar-refractivity contribution in [2.24, 2.45) is 0 Å². The van der Waals surface area contributed by atoms with Gasteiger partial charge in [-0.3, -0.25) is 9.59 Å². The monoisotopic (exact) mass is 618 g/mol. The topological polar surface area (TPSA) is 131 Å². The van der Waals surface area contributed by atoms with Crippen LogP contribution >= 0.6 is 0 Å². The van der Waals surface area contributed by atoms with E-state index in [1.54, 1.807) is 0 Å². The molecular formula is C34H34FeN4O4-2. The molecule has 0 saturated carbocycles. The van der Waals surface area contributed by atoms with E-state index >= 15 is 0 Å². The summed E-state index contributed by atoms with van der Waals surface area (Å²) in [6.07, 6.45) is 12.4. The SMILES string of the molecule is C/C=c1/c(C)c2[n-]/c1=C\c1[n-]c(c(CCC(=O)O)c1C)/C=c1\[n-]/c(c(C)c1CCC(=O)O)=C\c1[n-]c(/c(=C/C)c1C)=C\2.[Fe+2]. The van der Waals surface area contributed by atoms with Crippen LogP contribution in [0.2, 0.25) is 0 Å². The van der Waals surface area contributed by atoms with Gasteiger partial charge in [-0.1, -0.05) is 69.8 Å². The molecular weight excluding hydrogens is 584 g/mol. The maximum Gasteiger partial charge on any atom is 2.00 e. The molecule has 0 fully saturated rings. The minimum absolute atomic E-state index is 0. The van der Waals surface area contributed by atoms with Crippen molar-refractivity contribution < 1.29 is 36.9 Å². The molecule has 0 aliphatic carbocycles. The van der Waals surface area contributed by atoms with Crippen LogP contribution in [0.25, 0.3) is 36.5 Å². The molecule has 4 aromatic heterocycles. The van der Waals surface area contributed by atoms with Gasteiger partial charge in [0.25, 0.3) is 0 Å². The fraction of sp³-hybridized carbons (Fsp3) is 0.294. The fourth-order valence-corrected chi connectivity index (χ4v) is 5.83. The first-order valence-electron chi connectivity index (χ1n) is 14.1. The molecule has 1 aliphatic heterocycles. The number of carboxylic acid groups (broad SMARTS) is 2. The van der Waals surface area contributed by atoms with Gasteiger partial charge >= 0.3 is 29.0 Å². The molecule has 9 heteroatoms. The molecule has 0 spiro atoms. The standard InChI is InChI=1S/C34H34N4O4.Fe/c1-7-21-17(3)25-13-26-19(5)23(9-11-33(39)40)31(37-26)16-32-24(10-12-34(41)42)20(6)28(38-32)15-30-22(8-2)18(4)27(36-30)14-29(21)35-25;/h7-8,13-16H,9-12H2,1-6H3,(H,39,40)(H,41,42);/q-4;+2/b21-7+,22-8-,26-13-,29-14-,30-15-,31-16-;. The molecule has 0 amide bonds. The molecule has 5 rings (SSSR count). The Morgan fingerprint density at radius 1 is 0.581 bits per heavy atom. The van der Waals surface area contributed by atoms with Crippen LogP contribution in [0.5, 0.6) is 0 Å². The zero-order valence-corrected chi connectivity index (χ0v) is 26.3. The van der Waals surface area contributed by atoms with Crippen molar-refractivity contribution in [2.45, 2.75) is 67.2 Å². The van der Waals surface area contributed by atoms with E-state index < -0.39 is 11.9 Å². The van der Waals surface area contributed by atoms with Crippen LogP contribution in [0.3, 0.4) is 0 Å². The van der Waals surface area contributed by atoms with Gasteiger partial charge in [-0.05, 0) is 64.8 Å². The summed E-state index contributed by atoms with van der Waals surface area (Å²) in [5.41, 5.74) is 8.51. The summed E-state index contributed by atoms with van der Waals surface area (Å²) in [7, 11) is 0. The first kappa shape index (κ1) is 31.7. The smallest absolute Gasteiger partial charge is 0.657 e. The molecule has 224 valence electrons. The van der Waals surface area contributed by atoms with E-state index in [9.17, 15) is 19.8 Å². The Hall–Kier alpha value is -4.20. The van der Waals surface area contributed by atoms with Gasteiger partial charge in [0.15, 0.2) is 0 Å². The Morgan fingerprint density at radius 2 is 1.02 bits per heavy atom. The first-order valence-corrected chi connectivity index (χ1v) is 14.1. The molecule has 0 saturated heterocycles. The fourth-order valence-electron chi connectivity index (χ4n) is 5.83. The minimum atomic E-state index is -0.886. The van der Waals surface area contributed by atoms with Gasteiger partial charge in [0.2, 0.25) is 0 Å². The largest absolute Gasteiger partial charge is 2.00 e. The van der Waals surface area contributed by atoms with Gasteiger partial charge < -0.3 is 30.1 Å². The van der Waals surface area contributed by atoms with Crippen LogP contribution in [0, 0.1) is 27.7 Å². The second-order valence-corrected chi connectivity index (χ2v) is 10.8. The average Bonchev–Trinajstić information content (AvgIpc) is 3.59. The summed E-state index contributed by atoms with van der Waals surface area (Å²) in [5.74, 6) is -1.77. The van der Waals surface area contributed by atoms with Crippen LogP contribution in [-0.2, 0) is 39.5 Å². The van der Waals surface area contributed by atoms with E-state index in [1.165, 1.54) is 0 Å². The van der Waals surface area contributed by atoms with E-state index in [0.717, 1.165) is 76.9 Å². The summed E-state index contributed by atoms with van der Waals surface area (Å²) in [4.78, 5) is 42.9. The second kappa shape index (κ2) is 12.6. The van der Waals surface area contributed by atoms with Crippen LogP contribution in [0.4, 0.5) is 0 Å². The van der Waals surface area contributed by atoms with Crippen molar-refractivity contribution in [2.75, 3.05) is 0 Å². The summed E-state index contributed by atoms with van der Waals surface area (Å²) < 4.78 is 0. The maximum absolute atomic E-state index is 11.5. The minimum Gasteiger partial charge on any atom is -0.657 e. The van der Waals surface area contributed by atoms with Gasteiger partial charge in [-0.25, -0.2) is 0 Å². The molecule has 8 nitrogen and oxygen atoms in total. The summed E-state index contributed by atoms with van der Waals surface area (Å²) in [6.45, 7) is 12.0. The molecule has 5 heterocycles. The van der Waals surface area contributed by atoms with Gasteiger partial charge in [0.05, 0.1) is 0 Å². The van der Waals surface area contributed by atoms with E-state index in [2.05, 4.69) is 13.0 Å². The molecule has 2 N–H and O–H groups in total. The molecule has 43 heavy (non-hydrogen) atoms. The van der Waals surface area contributed by atoms with Crippen LogP contribution < -0.4 is 51.8 Å². The third kappa shape index (κ3) is 6.01. The zero-order chi connectivity index (χ0) is 30.3.